The van der Waals surface area contributed by atoms with Gasteiger partial charge < -0.3 is 0 Å². The van der Waals surface area contributed by atoms with Gasteiger partial charge >= 0.3 is 0 Å². The van der Waals surface area contributed by atoms with Crippen LogP contribution in [0.2, 0.25) is 0 Å². The number of aromatic nitrogens is 4. The van der Waals surface area contributed by atoms with E-state index in [0.717, 1.165) is 38.0 Å². The van der Waals surface area contributed by atoms with Crippen molar-refractivity contribution < 1.29 is 0 Å². The highest BCUT2D eigenvalue weighted by molar-refractivity contribution is 5.28. The molecule has 3 aliphatic rings. The molecule has 5 rings (SSSR count). The molecule has 30 heavy (non-hydrogen) atoms. The molecule has 0 amide bonds. The molecule has 0 spiro atoms. The van der Waals surface area contributed by atoms with Crippen molar-refractivity contribution in [3.63, 3.8) is 0 Å². The summed E-state index contributed by atoms with van der Waals surface area (Å²) < 4.78 is 2.17. The second-order valence-electron chi connectivity index (χ2n) is 9.60. The third-order valence-corrected chi connectivity index (χ3v) is 7.63. The Morgan fingerprint density at radius 1 is 0.800 bits per heavy atom. The van der Waals surface area contributed by atoms with Crippen LogP contribution in [0.5, 0.6) is 0 Å². The van der Waals surface area contributed by atoms with Crippen molar-refractivity contribution >= 4 is 0 Å². The van der Waals surface area contributed by atoms with E-state index < -0.39 is 0 Å². The van der Waals surface area contributed by atoms with Crippen LogP contribution in [0.3, 0.4) is 0 Å². The third-order valence-electron chi connectivity index (χ3n) is 7.63. The molecule has 1 saturated heterocycles. The van der Waals surface area contributed by atoms with Gasteiger partial charge in [0.1, 0.15) is 0 Å². The Bertz CT molecular complexity index is 795. The normalized spacial score (nSPS) is 23.8. The lowest BCUT2D eigenvalue weighted by atomic mass is 9.95. The van der Waals surface area contributed by atoms with Crippen LogP contribution in [0.4, 0.5) is 0 Å². The topological polar surface area (TPSA) is 50.1 Å². The second kappa shape index (κ2) is 9.15. The van der Waals surface area contributed by atoms with E-state index in [0.29, 0.717) is 6.04 Å². The van der Waals surface area contributed by atoms with Gasteiger partial charge in [0.2, 0.25) is 0 Å². The molecule has 0 unspecified atom stereocenters. The van der Waals surface area contributed by atoms with E-state index in [1.165, 1.54) is 68.9 Å². The van der Waals surface area contributed by atoms with E-state index in [9.17, 15) is 0 Å². The first kappa shape index (κ1) is 20.1. The summed E-state index contributed by atoms with van der Waals surface area (Å²) in [6, 6.07) is 10.4. The van der Waals surface area contributed by atoms with Gasteiger partial charge in [-0.1, -0.05) is 61.9 Å². The maximum atomic E-state index is 4.61. The molecular weight excluding hydrogens is 372 g/mol. The summed E-state index contributed by atoms with van der Waals surface area (Å²) in [6.45, 7) is 6.67. The molecule has 162 valence electrons. The summed E-state index contributed by atoms with van der Waals surface area (Å²) in [5, 5.41) is 13.3. The Morgan fingerprint density at radius 2 is 1.43 bits per heavy atom. The summed E-state index contributed by atoms with van der Waals surface area (Å²) in [7, 11) is 0. The van der Waals surface area contributed by atoms with Gasteiger partial charge in [0.05, 0.1) is 12.1 Å². The number of nitrogens with zero attached hydrogens (tertiary/aromatic N) is 6. The number of hydrogen-bond acceptors (Lipinski definition) is 5. The average Bonchev–Trinajstić information content (AvgIpc) is 3.49. The molecule has 1 aromatic carbocycles. The Labute approximate surface area is 180 Å². The van der Waals surface area contributed by atoms with E-state index in [2.05, 4.69) is 61.2 Å². The van der Waals surface area contributed by atoms with Gasteiger partial charge in [-0.15, -0.1) is 5.10 Å². The lowest BCUT2D eigenvalue weighted by Gasteiger charge is -2.41. The number of tetrazole rings is 1. The zero-order chi connectivity index (χ0) is 20.3. The van der Waals surface area contributed by atoms with E-state index in [-0.39, 0.29) is 6.04 Å². The first-order valence-electron chi connectivity index (χ1n) is 12.1. The Hall–Kier alpha value is -1.79. The molecule has 0 radical (unpaired) electrons. The van der Waals surface area contributed by atoms with Crippen LogP contribution in [0.15, 0.2) is 24.3 Å². The summed E-state index contributed by atoms with van der Waals surface area (Å²) in [5.74, 6) is 1.04. The van der Waals surface area contributed by atoms with Gasteiger partial charge in [-0.2, -0.15) is 0 Å². The second-order valence-corrected chi connectivity index (χ2v) is 9.60. The van der Waals surface area contributed by atoms with Crippen LogP contribution >= 0.6 is 0 Å². The Kier molecular flexibility index (Phi) is 6.14. The minimum atomic E-state index is 0.147. The molecule has 0 bridgehead atoms. The van der Waals surface area contributed by atoms with E-state index in [1.807, 2.05) is 0 Å². The first-order valence-corrected chi connectivity index (χ1v) is 12.1. The SMILES string of the molecule is Cc1ccc([C@H](c2nnnn2C2CCCCC2)N2CCN(C3CCCC3)CC2)cc1. The summed E-state index contributed by atoms with van der Waals surface area (Å²) in [6.07, 6.45) is 11.9. The zero-order valence-corrected chi connectivity index (χ0v) is 18.4. The van der Waals surface area contributed by atoms with Crippen LogP contribution in [-0.2, 0) is 0 Å². The summed E-state index contributed by atoms with van der Waals surface area (Å²) in [4.78, 5) is 5.36. The highest BCUT2D eigenvalue weighted by atomic mass is 15.6. The van der Waals surface area contributed by atoms with E-state index in [4.69, 9.17) is 0 Å². The Morgan fingerprint density at radius 3 is 2.13 bits per heavy atom. The predicted molar refractivity (Wildman–Crippen MR) is 118 cm³/mol. The number of rotatable bonds is 5. The van der Waals surface area contributed by atoms with Crippen LogP contribution in [0.25, 0.3) is 0 Å². The molecule has 6 heteroatoms. The maximum absolute atomic E-state index is 4.61. The molecule has 1 aliphatic heterocycles. The standard InChI is InChI=1S/C24H36N6/c1-19-11-13-20(14-12-19)23(24-25-26-27-30(24)22-9-3-2-4-10-22)29-17-15-28(16-18-29)21-7-5-6-8-21/h11-14,21-23H,2-10,15-18H2,1H3/t23-/m1/s1. The van der Waals surface area contributed by atoms with Crippen LogP contribution in [0.1, 0.15) is 86.8 Å². The Balaban J connectivity index is 1.41. The zero-order valence-electron chi connectivity index (χ0n) is 18.4. The predicted octanol–water partition coefficient (Wildman–Crippen LogP) is 4.14. The minimum Gasteiger partial charge on any atom is -0.298 e. The molecule has 6 nitrogen and oxygen atoms in total. The van der Waals surface area contributed by atoms with Crippen molar-refractivity contribution in [1.82, 2.24) is 30.0 Å². The molecule has 2 saturated carbocycles. The van der Waals surface area contributed by atoms with Crippen LogP contribution in [0, 0.1) is 6.92 Å². The largest absolute Gasteiger partial charge is 0.298 e. The van der Waals surface area contributed by atoms with Gasteiger partial charge in [0, 0.05) is 32.2 Å². The van der Waals surface area contributed by atoms with Gasteiger partial charge in [-0.3, -0.25) is 9.80 Å². The fourth-order valence-electron chi connectivity index (χ4n) is 5.87. The quantitative estimate of drug-likeness (QED) is 0.744. The van der Waals surface area contributed by atoms with Crippen LogP contribution < -0.4 is 0 Å². The van der Waals surface area contributed by atoms with Crippen LogP contribution in [-0.4, -0.2) is 62.2 Å². The van der Waals surface area contributed by atoms with E-state index >= 15 is 0 Å². The molecule has 2 aliphatic carbocycles. The fourth-order valence-corrected chi connectivity index (χ4v) is 5.87. The maximum Gasteiger partial charge on any atom is 0.173 e. The summed E-state index contributed by atoms with van der Waals surface area (Å²) in [5.41, 5.74) is 2.62. The van der Waals surface area contributed by atoms with Crippen molar-refractivity contribution in [3.05, 3.63) is 41.2 Å². The van der Waals surface area contributed by atoms with E-state index in [1.54, 1.807) is 0 Å². The highest BCUT2D eigenvalue weighted by Crippen LogP contribution is 2.34. The molecule has 2 heterocycles. The number of hydrogen-bond donors (Lipinski definition) is 0. The van der Waals surface area contributed by atoms with Crippen molar-refractivity contribution in [2.45, 2.75) is 82.8 Å². The summed E-state index contributed by atoms with van der Waals surface area (Å²) >= 11 is 0. The first-order chi connectivity index (χ1) is 14.8. The third kappa shape index (κ3) is 4.17. The number of piperazine rings is 1. The smallest absolute Gasteiger partial charge is 0.173 e. The number of aryl methyl sites for hydroxylation is 1. The highest BCUT2D eigenvalue weighted by Gasteiger charge is 2.34. The molecule has 0 N–H and O–H groups in total. The van der Waals surface area contributed by atoms with Gasteiger partial charge in [0.25, 0.3) is 0 Å². The van der Waals surface area contributed by atoms with Crippen molar-refractivity contribution in [3.8, 4) is 0 Å². The van der Waals surface area contributed by atoms with Gasteiger partial charge in [-0.25, -0.2) is 4.68 Å². The molecule has 1 atom stereocenters. The van der Waals surface area contributed by atoms with Gasteiger partial charge in [0.15, 0.2) is 5.82 Å². The average molecular weight is 409 g/mol. The molecule has 2 aromatic rings. The minimum absolute atomic E-state index is 0.147. The van der Waals surface area contributed by atoms with Crippen molar-refractivity contribution in [1.29, 1.82) is 0 Å². The fraction of sp³-hybridized carbons (Fsp3) is 0.708. The van der Waals surface area contributed by atoms with Crippen molar-refractivity contribution in [2.24, 2.45) is 0 Å². The lowest BCUT2D eigenvalue weighted by Crippen LogP contribution is -2.51. The molecule has 1 aromatic heterocycles. The van der Waals surface area contributed by atoms with Crippen molar-refractivity contribution in [2.75, 3.05) is 26.2 Å². The number of benzene rings is 1. The lowest BCUT2D eigenvalue weighted by molar-refractivity contribution is 0.0760. The van der Waals surface area contributed by atoms with Gasteiger partial charge in [-0.05, 0) is 48.6 Å². The molecular formula is C24H36N6. The monoisotopic (exact) mass is 408 g/mol. The molecule has 3 fully saturated rings.